The van der Waals surface area contributed by atoms with Crippen molar-refractivity contribution < 1.29 is 4.92 Å². The number of nitrogens with zero attached hydrogens (tertiary/aromatic N) is 2. The van der Waals surface area contributed by atoms with Crippen molar-refractivity contribution >= 4 is 28.7 Å². The fourth-order valence-electron chi connectivity index (χ4n) is 0.862. The summed E-state index contributed by atoms with van der Waals surface area (Å²) in [5.41, 5.74) is 5.76. The maximum Gasteiger partial charge on any atom is 0.269 e. The molecule has 0 amide bonds. The van der Waals surface area contributed by atoms with Crippen LogP contribution in [0.5, 0.6) is 0 Å². The van der Waals surface area contributed by atoms with E-state index >= 15 is 0 Å². The summed E-state index contributed by atoms with van der Waals surface area (Å²) < 4.78 is 0. The lowest BCUT2D eigenvalue weighted by atomic mass is 10.3. The van der Waals surface area contributed by atoms with Crippen molar-refractivity contribution in [3.05, 3.63) is 34.4 Å². The third-order valence-corrected chi connectivity index (χ3v) is 1.77. The predicted octanol–water partition coefficient (Wildman–Crippen LogP) is 0.518. The number of rotatable bonds is 2. The molecule has 1 rings (SSSR count). The van der Waals surface area contributed by atoms with Gasteiger partial charge < -0.3 is 5.73 Å². The summed E-state index contributed by atoms with van der Waals surface area (Å²) in [6.07, 6.45) is 0. The summed E-state index contributed by atoms with van der Waals surface area (Å²) in [7, 11) is 0. The summed E-state index contributed by atoms with van der Waals surface area (Å²) in [5.74, 6) is 5.46. The second kappa shape index (κ2) is 3.99. The summed E-state index contributed by atoms with van der Waals surface area (Å²) in [4.78, 5) is 9.83. The van der Waals surface area contributed by atoms with E-state index in [1.54, 1.807) is 0 Å². The van der Waals surface area contributed by atoms with Gasteiger partial charge in [-0.05, 0) is 24.4 Å². The number of anilines is 1. The van der Waals surface area contributed by atoms with E-state index in [4.69, 9.17) is 11.6 Å². The Hall–Kier alpha value is -1.73. The van der Waals surface area contributed by atoms with Crippen LogP contribution in [0.25, 0.3) is 0 Å². The molecule has 7 heteroatoms. The highest BCUT2D eigenvalue weighted by molar-refractivity contribution is 7.80. The van der Waals surface area contributed by atoms with Crippen LogP contribution in [0.1, 0.15) is 0 Å². The highest BCUT2D eigenvalue weighted by atomic mass is 32.1. The Balaban J connectivity index is 2.94. The van der Waals surface area contributed by atoms with Gasteiger partial charge >= 0.3 is 0 Å². The number of nitrogens with two attached hydrogens (primary N) is 2. The van der Waals surface area contributed by atoms with E-state index in [0.29, 0.717) is 5.69 Å². The highest BCUT2D eigenvalue weighted by Crippen LogP contribution is 2.16. The molecule has 0 aliphatic heterocycles. The van der Waals surface area contributed by atoms with Crippen LogP contribution >= 0.6 is 12.2 Å². The zero-order valence-electron chi connectivity index (χ0n) is 7.08. The first-order valence-electron chi connectivity index (χ1n) is 3.61. The summed E-state index contributed by atoms with van der Waals surface area (Å²) in [6.45, 7) is 0. The third kappa shape index (κ3) is 2.15. The number of nitro benzene ring substituents is 1. The maximum absolute atomic E-state index is 10.3. The molecule has 0 saturated heterocycles. The Labute approximate surface area is 85.2 Å². The maximum atomic E-state index is 10.3. The molecule has 0 unspecified atom stereocenters. The zero-order valence-corrected chi connectivity index (χ0v) is 7.90. The molecule has 0 fully saturated rings. The standard InChI is InChI=1S/C7H8N4O2S/c8-7(14)10(9)5-1-3-6(4-2-5)11(12)13/h1-4H,9H2,(H2,8,14). The fourth-order valence-corrected chi connectivity index (χ4v) is 0.968. The number of non-ortho nitro benzene ring substituents is 1. The van der Waals surface area contributed by atoms with E-state index < -0.39 is 4.92 Å². The van der Waals surface area contributed by atoms with E-state index in [0.717, 1.165) is 5.01 Å². The smallest absolute Gasteiger partial charge is 0.269 e. The Kier molecular flexibility index (Phi) is 2.95. The molecule has 14 heavy (non-hydrogen) atoms. The number of thiocarbonyl (C=S) groups is 1. The average Bonchev–Trinajstić information content (AvgIpc) is 2.16. The average molecular weight is 212 g/mol. The van der Waals surface area contributed by atoms with Crippen molar-refractivity contribution in [1.29, 1.82) is 0 Å². The van der Waals surface area contributed by atoms with Gasteiger partial charge in [-0.2, -0.15) is 0 Å². The molecule has 6 nitrogen and oxygen atoms in total. The van der Waals surface area contributed by atoms with Gasteiger partial charge in [-0.3, -0.25) is 15.1 Å². The number of benzene rings is 1. The highest BCUT2D eigenvalue weighted by Gasteiger charge is 2.07. The van der Waals surface area contributed by atoms with Crippen molar-refractivity contribution in [3.63, 3.8) is 0 Å². The molecule has 74 valence electrons. The monoisotopic (exact) mass is 212 g/mol. The van der Waals surface area contributed by atoms with E-state index in [2.05, 4.69) is 12.2 Å². The molecule has 4 N–H and O–H groups in total. The molecule has 0 radical (unpaired) electrons. The quantitative estimate of drug-likeness (QED) is 0.321. The first-order chi connectivity index (χ1) is 6.52. The van der Waals surface area contributed by atoms with Crippen LogP contribution in [0, 0.1) is 10.1 Å². The molecule has 0 bridgehead atoms. The van der Waals surface area contributed by atoms with Crippen LogP contribution in [-0.2, 0) is 0 Å². The Morgan fingerprint density at radius 3 is 2.29 bits per heavy atom. The van der Waals surface area contributed by atoms with Crippen LogP contribution in [0.15, 0.2) is 24.3 Å². The summed E-state index contributed by atoms with van der Waals surface area (Å²) in [5, 5.41) is 11.4. The minimum Gasteiger partial charge on any atom is -0.375 e. The van der Waals surface area contributed by atoms with Gasteiger partial charge in [-0.25, -0.2) is 5.84 Å². The number of nitro groups is 1. The second-order valence-electron chi connectivity index (χ2n) is 2.48. The molecule has 0 atom stereocenters. The van der Waals surface area contributed by atoms with E-state index in [-0.39, 0.29) is 10.8 Å². The minimum atomic E-state index is -0.495. The molecule has 1 aromatic rings. The molecule has 1 aromatic carbocycles. The lowest BCUT2D eigenvalue weighted by Gasteiger charge is -2.15. The van der Waals surface area contributed by atoms with Gasteiger partial charge in [-0.15, -0.1) is 0 Å². The molecule has 0 aliphatic rings. The van der Waals surface area contributed by atoms with E-state index in [1.165, 1.54) is 24.3 Å². The third-order valence-electron chi connectivity index (χ3n) is 1.58. The lowest BCUT2D eigenvalue weighted by Crippen LogP contribution is -2.41. The van der Waals surface area contributed by atoms with Crippen molar-refractivity contribution in [2.24, 2.45) is 11.6 Å². The van der Waals surface area contributed by atoms with Gasteiger partial charge in [0, 0.05) is 12.1 Å². The van der Waals surface area contributed by atoms with Crippen LogP contribution in [0.4, 0.5) is 11.4 Å². The van der Waals surface area contributed by atoms with Gasteiger partial charge in [0.15, 0.2) is 5.11 Å². The van der Waals surface area contributed by atoms with E-state index in [9.17, 15) is 10.1 Å². The summed E-state index contributed by atoms with van der Waals surface area (Å²) >= 11 is 4.63. The second-order valence-corrected chi connectivity index (χ2v) is 2.90. The minimum absolute atomic E-state index is 0.00106. The molecular formula is C7H8N4O2S. The van der Waals surface area contributed by atoms with E-state index in [1.807, 2.05) is 0 Å². The van der Waals surface area contributed by atoms with Gasteiger partial charge in [0.2, 0.25) is 0 Å². The van der Waals surface area contributed by atoms with Gasteiger partial charge in [-0.1, -0.05) is 0 Å². The van der Waals surface area contributed by atoms with Gasteiger partial charge in [0.05, 0.1) is 10.6 Å². The van der Waals surface area contributed by atoms with Crippen LogP contribution < -0.4 is 16.6 Å². The molecule has 0 aromatic heterocycles. The van der Waals surface area contributed by atoms with Crippen molar-refractivity contribution in [1.82, 2.24) is 0 Å². The molecule has 0 saturated carbocycles. The van der Waals surface area contributed by atoms with Crippen molar-refractivity contribution in [2.45, 2.75) is 0 Å². The normalized spacial score (nSPS) is 9.50. The number of hydrogen-bond donors (Lipinski definition) is 2. The first-order valence-corrected chi connectivity index (χ1v) is 4.02. The summed E-state index contributed by atoms with van der Waals surface area (Å²) in [6, 6.07) is 5.59. The topological polar surface area (TPSA) is 98.4 Å². The largest absolute Gasteiger partial charge is 0.375 e. The lowest BCUT2D eigenvalue weighted by molar-refractivity contribution is -0.384. The zero-order chi connectivity index (χ0) is 10.7. The van der Waals surface area contributed by atoms with Crippen LogP contribution in [0.2, 0.25) is 0 Å². The van der Waals surface area contributed by atoms with Crippen molar-refractivity contribution in [2.75, 3.05) is 5.01 Å². The fraction of sp³-hybridized carbons (Fsp3) is 0. The predicted molar refractivity (Wildman–Crippen MR) is 56.5 cm³/mol. The van der Waals surface area contributed by atoms with Gasteiger partial charge in [0.1, 0.15) is 0 Å². The number of hydrazine groups is 1. The van der Waals surface area contributed by atoms with Crippen LogP contribution in [0.3, 0.4) is 0 Å². The first kappa shape index (κ1) is 10.4. The molecular weight excluding hydrogens is 204 g/mol. The molecule has 0 aliphatic carbocycles. The molecule has 0 heterocycles. The Morgan fingerprint density at radius 2 is 1.93 bits per heavy atom. The number of hydrogen-bond acceptors (Lipinski definition) is 4. The Morgan fingerprint density at radius 1 is 1.43 bits per heavy atom. The Bertz CT molecular complexity index is 364. The SMILES string of the molecule is NC(=S)N(N)c1ccc([N+](=O)[O-])cc1. The van der Waals surface area contributed by atoms with Crippen molar-refractivity contribution in [3.8, 4) is 0 Å². The van der Waals surface area contributed by atoms with Crippen LogP contribution in [-0.4, -0.2) is 10.0 Å². The molecule has 0 spiro atoms. The van der Waals surface area contributed by atoms with Gasteiger partial charge in [0.25, 0.3) is 5.69 Å².